The highest BCUT2D eigenvalue weighted by Gasteiger charge is 2.22. The molecule has 0 spiro atoms. The molecule has 1 unspecified atom stereocenters. The van der Waals surface area contributed by atoms with E-state index in [4.69, 9.17) is 0 Å². The summed E-state index contributed by atoms with van der Waals surface area (Å²) in [6.45, 7) is 1.92. The lowest BCUT2D eigenvalue weighted by molar-refractivity contribution is 0.0600. The molecule has 1 atom stereocenters. The minimum absolute atomic E-state index is 0.0577. The van der Waals surface area contributed by atoms with Crippen LogP contribution in [0.25, 0.3) is 0 Å². The molecular formula is C18H18F2O3. The fourth-order valence-corrected chi connectivity index (χ4v) is 2.48. The number of ether oxygens (including phenoxy) is 1. The van der Waals surface area contributed by atoms with Gasteiger partial charge >= 0.3 is 5.97 Å². The largest absolute Gasteiger partial charge is 0.465 e. The predicted octanol–water partition coefficient (Wildman–Crippen LogP) is 3.79. The van der Waals surface area contributed by atoms with Crippen LogP contribution in [0.2, 0.25) is 0 Å². The SMILES string of the molecule is CCCc1ccc(F)c(F)c1C(O)c1ccc(C(=O)OC)cc1. The van der Waals surface area contributed by atoms with Gasteiger partial charge in [0.2, 0.25) is 0 Å². The van der Waals surface area contributed by atoms with Crippen LogP contribution in [0.15, 0.2) is 36.4 Å². The van der Waals surface area contributed by atoms with Crippen molar-refractivity contribution in [3.05, 3.63) is 70.3 Å². The molecule has 2 aromatic carbocycles. The number of benzene rings is 2. The van der Waals surface area contributed by atoms with Crippen LogP contribution < -0.4 is 0 Å². The number of aryl methyl sites for hydroxylation is 1. The van der Waals surface area contributed by atoms with Crippen LogP contribution in [0.5, 0.6) is 0 Å². The maximum Gasteiger partial charge on any atom is 0.337 e. The molecule has 0 aromatic heterocycles. The molecule has 2 aromatic rings. The van der Waals surface area contributed by atoms with Crippen molar-refractivity contribution in [2.45, 2.75) is 25.9 Å². The Morgan fingerprint density at radius 3 is 2.39 bits per heavy atom. The van der Waals surface area contributed by atoms with Crippen LogP contribution in [-0.2, 0) is 11.2 Å². The zero-order valence-electron chi connectivity index (χ0n) is 13.0. The first-order chi connectivity index (χ1) is 11.0. The monoisotopic (exact) mass is 320 g/mol. The summed E-state index contributed by atoms with van der Waals surface area (Å²) in [5.41, 5.74) is 1.20. The van der Waals surface area contributed by atoms with Gasteiger partial charge in [0.05, 0.1) is 12.7 Å². The van der Waals surface area contributed by atoms with Gasteiger partial charge in [0.1, 0.15) is 6.10 Å². The van der Waals surface area contributed by atoms with Gasteiger partial charge in [-0.15, -0.1) is 0 Å². The third-order valence-corrected chi connectivity index (χ3v) is 3.66. The molecule has 0 heterocycles. The van der Waals surface area contributed by atoms with E-state index >= 15 is 0 Å². The summed E-state index contributed by atoms with van der Waals surface area (Å²) in [6.07, 6.45) is -0.0328. The van der Waals surface area contributed by atoms with Crippen LogP contribution in [0, 0.1) is 11.6 Å². The number of esters is 1. The molecule has 0 amide bonds. The van der Waals surface area contributed by atoms with E-state index in [1.54, 1.807) is 0 Å². The van der Waals surface area contributed by atoms with Gasteiger partial charge < -0.3 is 9.84 Å². The number of hydrogen-bond donors (Lipinski definition) is 1. The standard InChI is InChI=1S/C18H18F2O3/c1-3-4-11-9-10-14(19)16(20)15(11)17(21)12-5-7-13(8-6-12)18(22)23-2/h5-10,17,21H,3-4H2,1-2H3. The van der Waals surface area contributed by atoms with E-state index in [0.29, 0.717) is 23.1 Å². The van der Waals surface area contributed by atoms with Gasteiger partial charge in [0.25, 0.3) is 0 Å². The average Bonchev–Trinajstić information content (AvgIpc) is 2.57. The van der Waals surface area contributed by atoms with Crippen molar-refractivity contribution in [3.63, 3.8) is 0 Å². The zero-order chi connectivity index (χ0) is 17.0. The molecule has 1 N–H and O–H groups in total. The molecule has 0 bridgehead atoms. The van der Waals surface area contributed by atoms with E-state index in [1.165, 1.54) is 37.4 Å². The van der Waals surface area contributed by atoms with Crippen molar-refractivity contribution >= 4 is 5.97 Å². The van der Waals surface area contributed by atoms with Crippen molar-refractivity contribution in [2.75, 3.05) is 7.11 Å². The number of rotatable bonds is 5. The van der Waals surface area contributed by atoms with Crippen LogP contribution in [0.1, 0.15) is 46.5 Å². The quantitative estimate of drug-likeness (QED) is 0.853. The van der Waals surface area contributed by atoms with Crippen LogP contribution in [-0.4, -0.2) is 18.2 Å². The zero-order valence-corrected chi connectivity index (χ0v) is 13.0. The molecule has 0 aliphatic heterocycles. The Morgan fingerprint density at radius 1 is 1.17 bits per heavy atom. The number of carbonyl (C=O) groups is 1. The maximum atomic E-state index is 14.2. The number of aliphatic hydroxyl groups is 1. The number of carbonyl (C=O) groups excluding carboxylic acids is 1. The molecular weight excluding hydrogens is 302 g/mol. The molecule has 0 aliphatic carbocycles. The molecule has 5 heteroatoms. The minimum Gasteiger partial charge on any atom is -0.465 e. The molecule has 0 saturated heterocycles. The number of hydrogen-bond acceptors (Lipinski definition) is 3. The second-order valence-corrected chi connectivity index (χ2v) is 5.20. The Morgan fingerprint density at radius 2 is 1.83 bits per heavy atom. The molecule has 0 radical (unpaired) electrons. The summed E-state index contributed by atoms with van der Waals surface area (Å²) < 4.78 is 32.3. The van der Waals surface area contributed by atoms with Crippen LogP contribution in [0.3, 0.4) is 0 Å². The number of aliphatic hydroxyl groups excluding tert-OH is 1. The van der Waals surface area contributed by atoms with Gasteiger partial charge in [-0.1, -0.05) is 31.5 Å². The van der Waals surface area contributed by atoms with E-state index in [2.05, 4.69) is 4.74 Å². The van der Waals surface area contributed by atoms with E-state index < -0.39 is 23.7 Å². The van der Waals surface area contributed by atoms with Crippen LogP contribution in [0.4, 0.5) is 8.78 Å². The highest BCUT2D eigenvalue weighted by Crippen LogP contribution is 2.30. The van der Waals surface area contributed by atoms with Crippen molar-refractivity contribution < 1.29 is 23.4 Å². The Labute approximate surface area is 133 Å². The predicted molar refractivity (Wildman–Crippen MR) is 82.2 cm³/mol. The second kappa shape index (κ2) is 7.33. The maximum absolute atomic E-state index is 14.2. The summed E-state index contributed by atoms with van der Waals surface area (Å²) in [4.78, 5) is 11.4. The summed E-state index contributed by atoms with van der Waals surface area (Å²) in [6, 6.07) is 8.50. The summed E-state index contributed by atoms with van der Waals surface area (Å²) in [5, 5.41) is 10.5. The first-order valence-electron chi connectivity index (χ1n) is 7.32. The molecule has 3 nitrogen and oxygen atoms in total. The lowest BCUT2D eigenvalue weighted by Crippen LogP contribution is -2.09. The average molecular weight is 320 g/mol. The third kappa shape index (κ3) is 3.56. The highest BCUT2D eigenvalue weighted by molar-refractivity contribution is 5.89. The lowest BCUT2D eigenvalue weighted by atomic mass is 9.93. The summed E-state index contributed by atoms with van der Waals surface area (Å²) in [7, 11) is 1.27. The Kier molecular flexibility index (Phi) is 5.45. The number of halogens is 2. The molecule has 0 saturated carbocycles. The summed E-state index contributed by atoms with van der Waals surface area (Å²) >= 11 is 0. The van der Waals surface area contributed by atoms with Gasteiger partial charge in [-0.3, -0.25) is 0 Å². The second-order valence-electron chi connectivity index (χ2n) is 5.20. The summed E-state index contributed by atoms with van der Waals surface area (Å²) in [5.74, 6) is -2.54. The normalized spacial score (nSPS) is 12.0. The third-order valence-electron chi connectivity index (χ3n) is 3.66. The van der Waals surface area contributed by atoms with Crippen molar-refractivity contribution in [1.29, 1.82) is 0 Å². The molecule has 0 fully saturated rings. The topological polar surface area (TPSA) is 46.5 Å². The van der Waals surface area contributed by atoms with Crippen molar-refractivity contribution in [3.8, 4) is 0 Å². The van der Waals surface area contributed by atoms with Crippen molar-refractivity contribution in [2.24, 2.45) is 0 Å². The minimum atomic E-state index is -1.31. The fraction of sp³-hybridized carbons (Fsp3) is 0.278. The van der Waals surface area contributed by atoms with Gasteiger partial charge in [0.15, 0.2) is 11.6 Å². The lowest BCUT2D eigenvalue weighted by Gasteiger charge is -2.17. The Bertz CT molecular complexity index is 696. The molecule has 23 heavy (non-hydrogen) atoms. The smallest absolute Gasteiger partial charge is 0.337 e. The first-order valence-corrected chi connectivity index (χ1v) is 7.32. The van der Waals surface area contributed by atoms with E-state index in [1.807, 2.05) is 6.92 Å². The molecule has 0 aliphatic rings. The van der Waals surface area contributed by atoms with Gasteiger partial charge in [-0.25, -0.2) is 13.6 Å². The highest BCUT2D eigenvalue weighted by atomic mass is 19.2. The van der Waals surface area contributed by atoms with Gasteiger partial charge in [0, 0.05) is 5.56 Å². The van der Waals surface area contributed by atoms with E-state index in [-0.39, 0.29) is 5.56 Å². The van der Waals surface area contributed by atoms with Crippen molar-refractivity contribution in [1.82, 2.24) is 0 Å². The van der Waals surface area contributed by atoms with Gasteiger partial charge in [-0.2, -0.15) is 0 Å². The van der Waals surface area contributed by atoms with Crippen LogP contribution >= 0.6 is 0 Å². The Hall–Kier alpha value is -2.27. The number of methoxy groups -OCH3 is 1. The first kappa shape index (κ1) is 17.1. The Balaban J connectivity index is 2.42. The van der Waals surface area contributed by atoms with Gasteiger partial charge in [-0.05, 0) is 35.7 Å². The van der Waals surface area contributed by atoms with E-state index in [9.17, 15) is 18.7 Å². The molecule has 2 rings (SSSR count). The van der Waals surface area contributed by atoms with E-state index in [0.717, 1.165) is 12.5 Å². The fourth-order valence-electron chi connectivity index (χ4n) is 2.48. The molecule has 122 valence electrons.